The molecule has 8 nitrogen and oxygen atoms in total. The Morgan fingerprint density at radius 2 is 2.08 bits per heavy atom. The second-order valence-corrected chi connectivity index (χ2v) is 6.83. The zero-order chi connectivity index (χ0) is 18.4. The molecule has 0 unspecified atom stereocenters. The molecular weight excluding hydrogens is 342 g/mol. The number of amides is 1. The van der Waals surface area contributed by atoms with E-state index in [1.165, 1.54) is 6.07 Å². The molecule has 0 atom stereocenters. The van der Waals surface area contributed by atoms with Gasteiger partial charge in [-0.25, -0.2) is 0 Å². The maximum Gasteiger partial charge on any atom is 0.293 e. The summed E-state index contributed by atoms with van der Waals surface area (Å²) in [5.74, 6) is 0.0577. The molecule has 0 aromatic heterocycles. The number of nitrogens with zero attached hydrogens (tertiary/aromatic N) is 1. The van der Waals surface area contributed by atoms with Crippen LogP contribution in [0.1, 0.15) is 43.5 Å². The van der Waals surface area contributed by atoms with Crippen molar-refractivity contribution >= 4 is 34.6 Å². The second-order valence-electron chi connectivity index (χ2n) is 6.43. The largest absolute Gasteiger partial charge is 0.377 e. The zero-order valence-electron chi connectivity index (χ0n) is 14.3. The average Bonchev–Trinajstić information content (AvgIpc) is 3.36. The smallest absolute Gasteiger partial charge is 0.293 e. The van der Waals surface area contributed by atoms with E-state index in [-0.39, 0.29) is 17.3 Å². The predicted octanol–water partition coefficient (Wildman–Crippen LogP) is 2.32. The Kier molecular flexibility index (Phi) is 6.51. The van der Waals surface area contributed by atoms with Crippen LogP contribution in [0.25, 0.3) is 0 Å². The fraction of sp³-hybridized carbons (Fsp3) is 0.500. The third kappa shape index (κ3) is 6.18. The Morgan fingerprint density at radius 3 is 2.68 bits per heavy atom. The molecule has 25 heavy (non-hydrogen) atoms. The third-order valence-corrected chi connectivity index (χ3v) is 3.94. The number of hydrogen-bond donors (Lipinski definition) is 4. The van der Waals surface area contributed by atoms with E-state index >= 15 is 0 Å². The van der Waals surface area contributed by atoms with Gasteiger partial charge in [0, 0.05) is 24.2 Å². The topological polar surface area (TPSA) is 108 Å². The Hall–Kier alpha value is -2.42. The number of benzene rings is 1. The van der Waals surface area contributed by atoms with Gasteiger partial charge in [0.2, 0.25) is 0 Å². The minimum atomic E-state index is -0.493. The summed E-state index contributed by atoms with van der Waals surface area (Å²) in [6.45, 7) is 4.91. The van der Waals surface area contributed by atoms with Crippen LogP contribution in [0.2, 0.25) is 0 Å². The average molecular weight is 365 g/mol. The van der Waals surface area contributed by atoms with Gasteiger partial charge < -0.3 is 10.6 Å². The van der Waals surface area contributed by atoms with Gasteiger partial charge in [-0.2, -0.15) is 0 Å². The summed E-state index contributed by atoms with van der Waals surface area (Å²) in [7, 11) is 0. The van der Waals surface area contributed by atoms with Gasteiger partial charge in [-0.3, -0.25) is 25.8 Å². The van der Waals surface area contributed by atoms with Crippen LogP contribution in [-0.4, -0.2) is 28.5 Å². The molecule has 9 heteroatoms. The first-order chi connectivity index (χ1) is 11.9. The highest BCUT2D eigenvalue weighted by molar-refractivity contribution is 7.80. The molecule has 1 aliphatic rings. The van der Waals surface area contributed by atoms with Crippen LogP contribution >= 0.6 is 12.2 Å². The van der Waals surface area contributed by atoms with E-state index < -0.39 is 10.8 Å². The molecule has 0 heterocycles. The summed E-state index contributed by atoms with van der Waals surface area (Å²) in [6, 6.07) is 4.65. The number of hydrazine groups is 1. The molecule has 0 aliphatic heterocycles. The summed E-state index contributed by atoms with van der Waals surface area (Å²) in [6.07, 6.45) is 2.96. The standard InChI is InChI=1S/C16H23N5O3S/c1-10(2)7-8-17-16(25)20-19-15(22)11-3-6-13(18-12-4-5-12)14(9-11)21(23)24/h3,6,9-10,12,18H,4-5,7-8H2,1-2H3,(H,19,22)(H2,17,20,25). The highest BCUT2D eigenvalue weighted by Crippen LogP contribution is 2.31. The summed E-state index contributed by atoms with van der Waals surface area (Å²) in [5.41, 5.74) is 5.54. The quantitative estimate of drug-likeness (QED) is 0.334. The van der Waals surface area contributed by atoms with Crippen LogP contribution in [0.3, 0.4) is 0 Å². The van der Waals surface area contributed by atoms with Gasteiger partial charge in [0.15, 0.2) is 5.11 Å². The molecule has 2 rings (SSSR count). The molecule has 0 saturated heterocycles. The third-order valence-electron chi connectivity index (χ3n) is 3.69. The molecular formula is C16H23N5O3S. The Balaban J connectivity index is 1.91. The number of nitrogens with one attached hydrogen (secondary N) is 4. The van der Waals surface area contributed by atoms with Gasteiger partial charge in [-0.1, -0.05) is 13.8 Å². The van der Waals surface area contributed by atoms with Crippen LogP contribution in [0.15, 0.2) is 18.2 Å². The highest BCUT2D eigenvalue weighted by atomic mass is 32.1. The Bertz CT molecular complexity index is 661. The van der Waals surface area contributed by atoms with Gasteiger partial charge in [0.05, 0.1) is 4.92 Å². The minimum absolute atomic E-state index is 0.114. The highest BCUT2D eigenvalue weighted by Gasteiger charge is 2.25. The molecule has 0 spiro atoms. The fourth-order valence-electron chi connectivity index (χ4n) is 2.10. The molecule has 1 aliphatic carbocycles. The summed E-state index contributed by atoms with van der Waals surface area (Å²) >= 11 is 5.06. The molecule has 4 N–H and O–H groups in total. The second kappa shape index (κ2) is 8.61. The Labute approximate surface area is 151 Å². The van der Waals surface area contributed by atoms with Gasteiger partial charge >= 0.3 is 0 Å². The fourth-order valence-corrected chi connectivity index (χ4v) is 2.25. The summed E-state index contributed by atoms with van der Waals surface area (Å²) < 4.78 is 0. The number of rotatable bonds is 7. The molecule has 136 valence electrons. The van der Waals surface area contributed by atoms with Crippen molar-refractivity contribution in [1.82, 2.24) is 16.2 Å². The number of carbonyl (C=O) groups is 1. The van der Waals surface area contributed by atoms with Crippen molar-refractivity contribution in [3.63, 3.8) is 0 Å². The van der Waals surface area contributed by atoms with Crippen LogP contribution in [0.5, 0.6) is 0 Å². The number of thiocarbonyl (C=S) groups is 1. The lowest BCUT2D eigenvalue weighted by Gasteiger charge is -2.13. The van der Waals surface area contributed by atoms with Crippen molar-refractivity contribution in [2.45, 2.75) is 39.2 Å². The summed E-state index contributed by atoms with van der Waals surface area (Å²) in [5, 5.41) is 17.6. The van der Waals surface area contributed by atoms with Crippen LogP contribution < -0.4 is 21.5 Å². The van der Waals surface area contributed by atoms with Crippen molar-refractivity contribution in [3.05, 3.63) is 33.9 Å². The first-order valence-corrected chi connectivity index (χ1v) is 8.66. The lowest BCUT2D eigenvalue weighted by atomic mass is 10.1. The summed E-state index contributed by atoms with van der Waals surface area (Å²) in [4.78, 5) is 22.9. The van der Waals surface area contributed by atoms with E-state index in [0.29, 0.717) is 23.3 Å². The lowest BCUT2D eigenvalue weighted by molar-refractivity contribution is -0.384. The number of nitro groups is 1. The molecule has 1 aromatic carbocycles. The molecule has 1 aromatic rings. The zero-order valence-corrected chi connectivity index (χ0v) is 15.1. The number of hydrogen-bond acceptors (Lipinski definition) is 5. The molecule has 1 saturated carbocycles. The van der Waals surface area contributed by atoms with Crippen LogP contribution in [-0.2, 0) is 0 Å². The van der Waals surface area contributed by atoms with E-state index in [9.17, 15) is 14.9 Å². The SMILES string of the molecule is CC(C)CCNC(=S)NNC(=O)c1ccc(NC2CC2)c([N+](=O)[O-])c1. The first kappa shape index (κ1) is 18.9. The van der Waals surface area contributed by atoms with Crippen molar-refractivity contribution in [2.75, 3.05) is 11.9 Å². The number of carbonyl (C=O) groups excluding carboxylic acids is 1. The molecule has 0 bridgehead atoms. The molecule has 1 fully saturated rings. The van der Waals surface area contributed by atoms with E-state index in [1.807, 2.05) is 0 Å². The monoisotopic (exact) mass is 365 g/mol. The normalized spacial score (nSPS) is 13.2. The van der Waals surface area contributed by atoms with Crippen LogP contribution in [0.4, 0.5) is 11.4 Å². The lowest BCUT2D eigenvalue weighted by Crippen LogP contribution is -2.47. The number of anilines is 1. The van der Waals surface area contributed by atoms with Crippen molar-refractivity contribution in [3.8, 4) is 0 Å². The predicted molar refractivity (Wildman–Crippen MR) is 100 cm³/mol. The van der Waals surface area contributed by atoms with E-state index in [4.69, 9.17) is 12.2 Å². The number of nitro benzene ring substituents is 1. The maximum absolute atomic E-state index is 12.1. The van der Waals surface area contributed by atoms with E-state index in [2.05, 4.69) is 35.3 Å². The minimum Gasteiger partial charge on any atom is -0.377 e. The Morgan fingerprint density at radius 1 is 1.36 bits per heavy atom. The molecule has 0 radical (unpaired) electrons. The van der Waals surface area contributed by atoms with Crippen molar-refractivity contribution in [1.29, 1.82) is 0 Å². The van der Waals surface area contributed by atoms with Gasteiger partial charge in [0.25, 0.3) is 11.6 Å². The molecule has 1 amide bonds. The van der Waals surface area contributed by atoms with Crippen LogP contribution in [0, 0.1) is 16.0 Å². The first-order valence-electron chi connectivity index (χ1n) is 8.26. The maximum atomic E-state index is 12.1. The van der Waals surface area contributed by atoms with Crippen molar-refractivity contribution in [2.24, 2.45) is 5.92 Å². The van der Waals surface area contributed by atoms with Crippen molar-refractivity contribution < 1.29 is 9.72 Å². The van der Waals surface area contributed by atoms with Gasteiger partial charge in [0.1, 0.15) is 5.69 Å². The van der Waals surface area contributed by atoms with Gasteiger partial charge in [-0.15, -0.1) is 0 Å². The van der Waals surface area contributed by atoms with Gasteiger partial charge in [-0.05, 0) is 49.5 Å². The van der Waals surface area contributed by atoms with E-state index in [0.717, 1.165) is 19.3 Å². The van der Waals surface area contributed by atoms with E-state index in [1.54, 1.807) is 12.1 Å².